The lowest BCUT2D eigenvalue weighted by atomic mass is 10.1. The maximum absolute atomic E-state index is 11.2. The van der Waals surface area contributed by atoms with Crippen LogP contribution in [0.1, 0.15) is 6.42 Å². The van der Waals surface area contributed by atoms with Crippen molar-refractivity contribution in [2.24, 2.45) is 0 Å². The molecule has 1 saturated heterocycles. The highest BCUT2D eigenvalue weighted by Gasteiger charge is 2.21. The van der Waals surface area contributed by atoms with Gasteiger partial charge in [0.15, 0.2) is 0 Å². The van der Waals surface area contributed by atoms with E-state index < -0.39 is 6.03 Å². The van der Waals surface area contributed by atoms with Crippen molar-refractivity contribution in [1.82, 2.24) is 20.9 Å². The molecule has 86 valence electrons. The molecule has 1 heterocycles. The molecule has 0 radical (unpaired) electrons. The van der Waals surface area contributed by atoms with Gasteiger partial charge in [0.2, 0.25) is 5.91 Å². The van der Waals surface area contributed by atoms with E-state index in [4.69, 9.17) is 0 Å². The number of hydrogen-bond donors (Lipinski definition) is 3. The van der Waals surface area contributed by atoms with Crippen molar-refractivity contribution in [2.45, 2.75) is 12.5 Å². The van der Waals surface area contributed by atoms with Gasteiger partial charge in [-0.15, -0.1) is 0 Å². The fraction of sp³-hybridized carbons (Fsp3) is 0.778. The van der Waals surface area contributed by atoms with Crippen LogP contribution in [0, 0.1) is 0 Å². The standard InChI is InChI=1S/C9H18N4O2/c1-10-9(15)12-8(14)3-4-13(2)7-5-11-6-7/h7,11H,3-6H2,1-2H3,(H2,10,12,14,15). The molecule has 6 nitrogen and oxygen atoms in total. The lowest BCUT2D eigenvalue weighted by molar-refractivity contribution is -0.120. The SMILES string of the molecule is CNC(=O)NC(=O)CCN(C)C1CNC1. The average molecular weight is 214 g/mol. The molecule has 0 unspecified atom stereocenters. The molecular formula is C9H18N4O2. The van der Waals surface area contributed by atoms with Crippen molar-refractivity contribution in [2.75, 3.05) is 33.7 Å². The first kappa shape index (κ1) is 11.9. The molecule has 0 aliphatic carbocycles. The number of nitrogens with one attached hydrogen (secondary N) is 3. The van der Waals surface area contributed by atoms with E-state index in [1.165, 1.54) is 7.05 Å². The van der Waals surface area contributed by atoms with Crippen LogP contribution < -0.4 is 16.0 Å². The second-order valence-electron chi connectivity index (χ2n) is 3.67. The van der Waals surface area contributed by atoms with E-state index in [0.717, 1.165) is 13.1 Å². The molecule has 1 aliphatic rings. The van der Waals surface area contributed by atoms with E-state index in [0.29, 0.717) is 19.0 Å². The topological polar surface area (TPSA) is 73.5 Å². The second-order valence-corrected chi connectivity index (χ2v) is 3.67. The van der Waals surface area contributed by atoms with Gasteiger partial charge >= 0.3 is 6.03 Å². The number of nitrogens with zero attached hydrogens (tertiary/aromatic N) is 1. The van der Waals surface area contributed by atoms with Crippen LogP contribution in [0.5, 0.6) is 0 Å². The fourth-order valence-electron chi connectivity index (χ4n) is 1.30. The molecule has 0 aromatic carbocycles. The molecule has 3 amide bonds. The summed E-state index contributed by atoms with van der Waals surface area (Å²) in [6.07, 6.45) is 0.348. The second kappa shape index (κ2) is 5.67. The van der Waals surface area contributed by atoms with Gasteiger partial charge in [-0.05, 0) is 7.05 Å². The zero-order valence-corrected chi connectivity index (χ0v) is 9.17. The summed E-state index contributed by atoms with van der Waals surface area (Å²) in [6, 6.07) is 0.0748. The zero-order chi connectivity index (χ0) is 11.3. The molecule has 0 aromatic rings. The molecule has 0 saturated carbocycles. The van der Waals surface area contributed by atoms with Crippen LogP contribution in [0.15, 0.2) is 0 Å². The summed E-state index contributed by atoms with van der Waals surface area (Å²) in [7, 11) is 3.47. The molecule has 0 spiro atoms. The lowest BCUT2D eigenvalue weighted by Crippen LogP contribution is -2.56. The minimum Gasteiger partial charge on any atom is -0.341 e. The number of hydrogen-bond acceptors (Lipinski definition) is 4. The van der Waals surface area contributed by atoms with Crippen LogP contribution in [0.25, 0.3) is 0 Å². The van der Waals surface area contributed by atoms with E-state index >= 15 is 0 Å². The van der Waals surface area contributed by atoms with E-state index in [-0.39, 0.29) is 5.91 Å². The molecule has 0 bridgehead atoms. The molecule has 0 atom stereocenters. The van der Waals surface area contributed by atoms with Gasteiger partial charge < -0.3 is 15.5 Å². The van der Waals surface area contributed by atoms with E-state index in [9.17, 15) is 9.59 Å². The number of likely N-dealkylation sites (N-methyl/N-ethyl adjacent to an activating group) is 1. The van der Waals surface area contributed by atoms with E-state index in [1.807, 2.05) is 7.05 Å². The van der Waals surface area contributed by atoms with Gasteiger partial charge in [0.25, 0.3) is 0 Å². The van der Waals surface area contributed by atoms with Crippen molar-refractivity contribution in [3.05, 3.63) is 0 Å². The third kappa shape index (κ3) is 3.85. The first-order chi connectivity index (χ1) is 7.13. The average Bonchev–Trinajstić information content (AvgIpc) is 2.11. The van der Waals surface area contributed by atoms with Crippen LogP contribution in [0.3, 0.4) is 0 Å². The highest BCUT2D eigenvalue weighted by molar-refractivity contribution is 5.94. The summed E-state index contributed by atoms with van der Waals surface area (Å²) in [5.74, 6) is -0.242. The number of imide groups is 1. The first-order valence-electron chi connectivity index (χ1n) is 5.06. The van der Waals surface area contributed by atoms with Crippen molar-refractivity contribution >= 4 is 11.9 Å². The molecule has 6 heteroatoms. The van der Waals surface area contributed by atoms with Gasteiger partial charge in [-0.3, -0.25) is 10.1 Å². The molecule has 1 rings (SSSR count). The smallest absolute Gasteiger partial charge is 0.321 e. The van der Waals surface area contributed by atoms with Crippen LogP contribution >= 0.6 is 0 Å². The normalized spacial score (nSPS) is 15.9. The summed E-state index contributed by atoms with van der Waals surface area (Å²) < 4.78 is 0. The van der Waals surface area contributed by atoms with Crippen LogP contribution in [-0.4, -0.2) is 56.6 Å². The van der Waals surface area contributed by atoms with Crippen molar-refractivity contribution < 1.29 is 9.59 Å². The third-order valence-corrected chi connectivity index (χ3v) is 2.55. The third-order valence-electron chi connectivity index (χ3n) is 2.55. The monoisotopic (exact) mass is 214 g/mol. The summed E-state index contributed by atoms with van der Waals surface area (Å²) in [6.45, 7) is 2.64. The van der Waals surface area contributed by atoms with Crippen molar-refractivity contribution in [1.29, 1.82) is 0 Å². The van der Waals surface area contributed by atoms with E-state index in [2.05, 4.69) is 20.9 Å². The summed E-state index contributed by atoms with van der Waals surface area (Å²) in [5, 5.41) is 7.73. The number of carbonyl (C=O) groups is 2. The number of urea groups is 1. The maximum atomic E-state index is 11.2. The Balaban J connectivity index is 2.12. The van der Waals surface area contributed by atoms with Gasteiger partial charge in [0, 0.05) is 39.1 Å². The highest BCUT2D eigenvalue weighted by Crippen LogP contribution is 2.02. The van der Waals surface area contributed by atoms with Gasteiger partial charge in [-0.25, -0.2) is 4.79 Å². The Bertz CT molecular complexity index is 240. The quantitative estimate of drug-likeness (QED) is 0.546. The largest absolute Gasteiger partial charge is 0.341 e. The maximum Gasteiger partial charge on any atom is 0.321 e. The van der Waals surface area contributed by atoms with Gasteiger partial charge in [-0.2, -0.15) is 0 Å². The van der Waals surface area contributed by atoms with Gasteiger partial charge in [-0.1, -0.05) is 0 Å². The van der Waals surface area contributed by atoms with Gasteiger partial charge in [0.1, 0.15) is 0 Å². The van der Waals surface area contributed by atoms with E-state index in [1.54, 1.807) is 0 Å². The predicted octanol–water partition coefficient (Wildman–Crippen LogP) is -1.26. The Labute approximate surface area is 89.4 Å². The number of rotatable bonds is 4. The lowest BCUT2D eigenvalue weighted by Gasteiger charge is -2.35. The Morgan fingerprint density at radius 3 is 2.60 bits per heavy atom. The molecule has 0 aromatic heterocycles. The number of carbonyl (C=O) groups excluding carboxylic acids is 2. The van der Waals surface area contributed by atoms with Gasteiger partial charge in [0.05, 0.1) is 0 Å². The Morgan fingerprint density at radius 2 is 2.13 bits per heavy atom. The van der Waals surface area contributed by atoms with Crippen molar-refractivity contribution in [3.8, 4) is 0 Å². The molecule has 1 fully saturated rings. The molecular weight excluding hydrogens is 196 g/mol. The molecule has 15 heavy (non-hydrogen) atoms. The van der Waals surface area contributed by atoms with Crippen LogP contribution in [0.2, 0.25) is 0 Å². The minimum atomic E-state index is -0.451. The Kier molecular flexibility index (Phi) is 4.51. The summed E-state index contributed by atoms with van der Waals surface area (Å²) in [5.41, 5.74) is 0. The van der Waals surface area contributed by atoms with Crippen LogP contribution in [0.4, 0.5) is 4.79 Å². The Morgan fingerprint density at radius 1 is 1.47 bits per heavy atom. The Hall–Kier alpha value is -1.14. The predicted molar refractivity (Wildman–Crippen MR) is 56.5 cm³/mol. The molecule has 1 aliphatic heterocycles. The first-order valence-corrected chi connectivity index (χ1v) is 5.06. The van der Waals surface area contributed by atoms with Crippen LogP contribution in [-0.2, 0) is 4.79 Å². The summed E-state index contributed by atoms with van der Waals surface area (Å²) >= 11 is 0. The zero-order valence-electron chi connectivity index (χ0n) is 9.17. The highest BCUT2D eigenvalue weighted by atomic mass is 16.2. The number of amides is 3. The minimum absolute atomic E-state index is 0.242. The summed E-state index contributed by atoms with van der Waals surface area (Å²) in [4.78, 5) is 24.2. The van der Waals surface area contributed by atoms with Crippen molar-refractivity contribution in [3.63, 3.8) is 0 Å². The molecule has 3 N–H and O–H groups in total. The fourth-order valence-corrected chi connectivity index (χ4v) is 1.30.